The van der Waals surface area contributed by atoms with E-state index in [0.29, 0.717) is 18.7 Å². The van der Waals surface area contributed by atoms with Gasteiger partial charge in [0.05, 0.1) is 12.1 Å². The molecule has 2 atom stereocenters. The first-order valence-electron chi connectivity index (χ1n) is 6.68. The Bertz CT molecular complexity index is 452. The molecule has 0 amide bonds. The van der Waals surface area contributed by atoms with E-state index in [1.165, 1.54) is 0 Å². The highest BCUT2D eigenvalue weighted by atomic mass is 16.5. The van der Waals surface area contributed by atoms with Crippen LogP contribution in [-0.4, -0.2) is 53.7 Å². The number of hydrogen-bond donors (Lipinski definition) is 0. The van der Waals surface area contributed by atoms with E-state index in [0.717, 1.165) is 25.5 Å². The standard InChI is InChI=1S/C13H21N5O/c1-10(4-5-14)8-12-15-13(16-19-12)11-9-17(2)6-7-18(11)3/h10-11H,4,6-9H2,1-3H3. The van der Waals surface area contributed by atoms with E-state index in [9.17, 15) is 0 Å². The van der Waals surface area contributed by atoms with Gasteiger partial charge in [0.2, 0.25) is 5.89 Å². The van der Waals surface area contributed by atoms with Crippen LogP contribution < -0.4 is 0 Å². The summed E-state index contributed by atoms with van der Waals surface area (Å²) in [6, 6.07) is 2.36. The monoisotopic (exact) mass is 263 g/mol. The fraction of sp³-hybridized carbons (Fsp3) is 0.769. The largest absolute Gasteiger partial charge is 0.339 e. The first-order chi connectivity index (χ1) is 9.10. The number of piperazine rings is 1. The van der Waals surface area contributed by atoms with Crippen LogP contribution >= 0.6 is 0 Å². The van der Waals surface area contributed by atoms with E-state index in [-0.39, 0.29) is 12.0 Å². The molecule has 1 fully saturated rings. The lowest BCUT2D eigenvalue weighted by atomic mass is 10.1. The fourth-order valence-corrected chi connectivity index (χ4v) is 2.30. The van der Waals surface area contributed by atoms with Gasteiger partial charge in [-0.25, -0.2) is 0 Å². The molecule has 2 unspecified atom stereocenters. The lowest BCUT2D eigenvalue weighted by molar-refractivity contribution is 0.108. The lowest BCUT2D eigenvalue weighted by Gasteiger charge is -2.35. The second-order valence-electron chi connectivity index (χ2n) is 5.48. The number of likely N-dealkylation sites (N-methyl/N-ethyl adjacent to an activating group) is 2. The van der Waals surface area contributed by atoms with Gasteiger partial charge in [-0.3, -0.25) is 4.90 Å². The quantitative estimate of drug-likeness (QED) is 0.809. The summed E-state index contributed by atoms with van der Waals surface area (Å²) in [7, 11) is 4.20. The summed E-state index contributed by atoms with van der Waals surface area (Å²) in [5, 5.41) is 12.8. The van der Waals surface area contributed by atoms with Crippen molar-refractivity contribution in [2.75, 3.05) is 33.7 Å². The zero-order valence-corrected chi connectivity index (χ0v) is 11.8. The van der Waals surface area contributed by atoms with Crippen molar-refractivity contribution in [3.05, 3.63) is 11.7 Å². The van der Waals surface area contributed by atoms with Gasteiger partial charge in [0.25, 0.3) is 0 Å². The maximum atomic E-state index is 8.66. The van der Waals surface area contributed by atoms with E-state index < -0.39 is 0 Å². The summed E-state index contributed by atoms with van der Waals surface area (Å²) >= 11 is 0. The summed E-state index contributed by atoms with van der Waals surface area (Å²) in [5.41, 5.74) is 0. The minimum atomic E-state index is 0.197. The number of rotatable bonds is 4. The van der Waals surface area contributed by atoms with Crippen molar-refractivity contribution in [2.24, 2.45) is 5.92 Å². The van der Waals surface area contributed by atoms with E-state index in [2.05, 4.69) is 40.1 Å². The van der Waals surface area contributed by atoms with Gasteiger partial charge in [-0.05, 0) is 20.0 Å². The molecule has 0 saturated carbocycles. The number of hydrogen-bond acceptors (Lipinski definition) is 6. The first kappa shape index (κ1) is 14.0. The molecule has 1 aromatic heterocycles. The van der Waals surface area contributed by atoms with Crippen LogP contribution in [0.4, 0.5) is 0 Å². The highest BCUT2D eigenvalue weighted by Gasteiger charge is 2.28. The van der Waals surface area contributed by atoms with Gasteiger partial charge in [-0.2, -0.15) is 10.2 Å². The molecule has 6 nitrogen and oxygen atoms in total. The molecule has 0 aromatic carbocycles. The van der Waals surface area contributed by atoms with Crippen LogP contribution in [0.25, 0.3) is 0 Å². The Balaban J connectivity index is 2.02. The van der Waals surface area contributed by atoms with E-state index >= 15 is 0 Å². The van der Waals surface area contributed by atoms with Crippen LogP contribution in [0.3, 0.4) is 0 Å². The highest BCUT2D eigenvalue weighted by molar-refractivity contribution is 4.98. The average molecular weight is 263 g/mol. The number of nitriles is 1. The van der Waals surface area contributed by atoms with E-state index in [1.54, 1.807) is 0 Å². The molecule has 0 radical (unpaired) electrons. The van der Waals surface area contributed by atoms with Crippen LogP contribution in [0.1, 0.15) is 31.1 Å². The molecule has 0 aliphatic carbocycles. The Morgan fingerprint density at radius 3 is 3.00 bits per heavy atom. The van der Waals surface area contributed by atoms with Gasteiger partial charge in [-0.1, -0.05) is 12.1 Å². The Kier molecular flexibility index (Phi) is 4.51. The van der Waals surface area contributed by atoms with Crippen molar-refractivity contribution in [3.8, 4) is 6.07 Å². The summed E-state index contributed by atoms with van der Waals surface area (Å²) in [6.07, 6.45) is 1.19. The normalized spacial score (nSPS) is 23.2. The molecule has 6 heteroatoms. The van der Waals surface area contributed by atoms with Crippen LogP contribution in [0, 0.1) is 17.2 Å². The summed E-state index contributed by atoms with van der Waals surface area (Å²) < 4.78 is 5.30. The van der Waals surface area contributed by atoms with Gasteiger partial charge in [0.1, 0.15) is 0 Å². The molecular weight excluding hydrogens is 242 g/mol. The Morgan fingerprint density at radius 2 is 2.26 bits per heavy atom. The second-order valence-corrected chi connectivity index (χ2v) is 5.48. The van der Waals surface area contributed by atoms with E-state index in [1.807, 2.05) is 6.92 Å². The van der Waals surface area contributed by atoms with Crippen molar-refractivity contribution < 1.29 is 4.52 Å². The van der Waals surface area contributed by atoms with E-state index in [4.69, 9.17) is 9.78 Å². The van der Waals surface area contributed by atoms with Crippen molar-refractivity contribution in [1.82, 2.24) is 19.9 Å². The fourth-order valence-electron chi connectivity index (χ4n) is 2.30. The number of aromatic nitrogens is 2. The Labute approximate surface area is 114 Å². The smallest absolute Gasteiger partial charge is 0.227 e. The molecule has 0 N–H and O–H groups in total. The highest BCUT2D eigenvalue weighted by Crippen LogP contribution is 2.21. The minimum Gasteiger partial charge on any atom is -0.339 e. The zero-order valence-electron chi connectivity index (χ0n) is 11.8. The van der Waals surface area contributed by atoms with Gasteiger partial charge >= 0.3 is 0 Å². The third-order valence-corrected chi connectivity index (χ3v) is 3.60. The van der Waals surface area contributed by atoms with Crippen LogP contribution in [0.5, 0.6) is 0 Å². The van der Waals surface area contributed by atoms with Crippen LogP contribution in [-0.2, 0) is 6.42 Å². The van der Waals surface area contributed by atoms with Gasteiger partial charge in [0, 0.05) is 32.5 Å². The Hall–Kier alpha value is -1.45. The predicted octanol–water partition coefficient (Wildman–Crippen LogP) is 1.08. The molecule has 2 rings (SSSR count). The third kappa shape index (κ3) is 3.52. The maximum absolute atomic E-state index is 8.66. The molecule has 1 aliphatic heterocycles. The minimum absolute atomic E-state index is 0.197. The molecule has 1 aliphatic rings. The predicted molar refractivity (Wildman–Crippen MR) is 70.3 cm³/mol. The van der Waals surface area contributed by atoms with Crippen LogP contribution in [0.15, 0.2) is 4.52 Å². The molecule has 1 aromatic rings. The van der Waals surface area contributed by atoms with Gasteiger partial charge in [0.15, 0.2) is 5.82 Å². The Morgan fingerprint density at radius 1 is 1.47 bits per heavy atom. The van der Waals surface area contributed by atoms with Crippen LogP contribution in [0.2, 0.25) is 0 Å². The van der Waals surface area contributed by atoms with Crippen molar-refractivity contribution in [3.63, 3.8) is 0 Å². The number of nitrogens with zero attached hydrogens (tertiary/aromatic N) is 5. The summed E-state index contributed by atoms with van der Waals surface area (Å²) in [6.45, 7) is 5.02. The van der Waals surface area contributed by atoms with Crippen molar-refractivity contribution in [2.45, 2.75) is 25.8 Å². The summed E-state index contributed by atoms with van der Waals surface area (Å²) in [5.74, 6) is 1.65. The summed E-state index contributed by atoms with van der Waals surface area (Å²) in [4.78, 5) is 9.02. The zero-order chi connectivity index (χ0) is 13.8. The molecule has 104 valence electrons. The second kappa shape index (κ2) is 6.13. The third-order valence-electron chi connectivity index (χ3n) is 3.60. The molecular formula is C13H21N5O. The molecule has 0 spiro atoms. The molecule has 19 heavy (non-hydrogen) atoms. The molecule has 0 bridgehead atoms. The van der Waals surface area contributed by atoms with Gasteiger partial charge in [-0.15, -0.1) is 0 Å². The molecule has 2 heterocycles. The van der Waals surface area contributed by atoms with Crippen molar-refractivity contribution in [1.29, 1.82) is 5.26 Å². The van der Waals surface area contributed by atoms with Gasteiger partial charge < -0.3 is 9.42 Å². The average Bonchev–Trinajstić information content (AvgIpc) is 2.81. The maximum Gasteiger partial charge on any atom is 0.227 e. The first-order valence-corrected chi connectivity index (χ1v) is 6.68. The SMILES string of the molecule is CC(CC#N)Cc1nc(C2CN(C)CCN2C)no1. The topological polar surface area (TPSA) is 69.2 Å². The van der Waals surface area contributed by atoms with Crippen molar-refractivity contribution >= 4 is 0 Å². The molecule has 1 saturated heterocycles. The lowest BCUT2D eigenvalue weighted by Crippen LogP contribution is -2.45.